The smallest absolute Gasteiger partial charge is 0.270 e. The van der Waals surface area contributed by atoms with Crippen LogP contribution >= 0.6 is 27.5 Å². The lowest BCUT2D eigenvalue weighted by Gasteiger charge is -2.14. The number of nitrogens with one attached hydrogen (secondary N) is 1. The number of hydrogen-bond donors (Lipinski definition) is 1. The van der Waals surface area contributed by atoms with Crippen molar-refractivity contribution in [2.45, 2.75) is 0 Å². The van der Waals surface area contributed by atoms with Crippen molar-refractivity contribution in [3.05, 3.63) is 27.7 Å². The van der Waals surface area contributed by atoms with E-state index in [4.69, 9.17) is 11.6 Å². The highest BCUT2D eigenvalue weighted by Crippen LogP contribution is 2.26. The van der Waals surface area contributed by atoms with Crippen LogP contribution in [-0.2, 0) is 10.2 Å². The third-order valence-electron chi connectivity index (χ3n) is 1.65. The van der Waals surface area contributed by atoms with Gasteiger partial charge in [-0.3, -0.25) is 4.72 Å². The second-order valence-corrected chi connectivity index (χ2v) is 6.19. The number of benzene rings is 1. The van der Waals surface area contributed by atoms with Gasteiger partial charge in [-0.25, -0.2) is 0 Å². The molecule has 0 saturated heterocycles. The first-order valence-corrected chi connectivity index (χ1v) is 6.59. The highest BCUT2D eigenvalue weighted by atomic mass is 79.9. The molecule has 0 heterocycles. The standard InChI is InChI=1S/C8H10BrClN2O2S/c1-12(2)15(13,14)11-8-5-6(10)3-4-7(8)9/h3-5,11H,1-2H3. The lowest BCUT2D eigenvalue weighted by molar-refractivity contribution is 0.527. The molecule has 1 aromatic rings. The lowest BCUT2D eigenvalue weighted by atomic mass is 10.3. The molecule has 0 aliphatic rings. The Bertz CT molecular complexity index is 462. The Hall–Kier alpha value is -0.300. The van der Waals surface area contributed by atoms with Gasteiger partial charge >= 0.3 is 10.2 Å². The number of hydrogen-bond acceptors (Lipinski definition) is 2. The van der Waals surface area contributed by atoms with Crippen LogP contribution in [-0.4, -0.2) is 26.8 Å². The topological polar surface area (TPSA) is 49.4 Å². The first-order chi connectivity index (χ1) is 6.83. The maximum Gasteiger partial charge on any atom is 0.301 e. The average Bonchev–Trinajstić information content (AvgIpc) is 2.10. The molecule has 0 spiro atoms. The number of halogens is 2. The van der Waals surface area contributed by atoms with Gasteiger partial charge < -0.3 is 0 Å². The van der Waals surface area contributed by atoms with E-state index in [1.54, 1.807) is 12.1 Å². The maximum absolute atomic E-state index is 11.5. The summed E-state index contributed by atoms with van der Waals surface area (Å²) in [5.74, 6) is 0. The highest BCUT2D eigenvalue weighted by Gasteiger charge is 2.14. The maximum atomic E-state index is 11.5. The molecule has 0 amide bonds. The molecular formula is C8H10BrClN2O2S. The molecule has 1 aromatic carbocycles. The van der Waals surface area contributed by atoms with E-state index in [1.807, 2.05) is 0 Å². The van der Waals surface area contributed by atoms with E-state index in [9.17, 15) is 8.42 Å². The van der Waals surface area contributed by atoms with Gasteiger partial charge in [-0.2, -0.15) is 12.7 Å². The fourth-order valence-corrected chi connectivity index (χ4v) is 2.08. The summed E-state index contributed by atoms with van der Waals surface area (Å²) in [4.78, 5) is 0. The molecule has 84 valence electrons. The molecule has 0 aliphatic carbocycles. The second-order valence-electron chi connectivity index (χ2n) is 3.01. The zero-order chi connectivity index (χ0) is 11.6. The van der Waals surface area contributed by atoms with Crippen molar-refractivity contribution in [2.75, 3.05) is 18.8 Å². The molecule has 0 aliphatic heterocycles. The quantitative estimate of drug-likeness (QED) is 0.931. The number of anilines is 1. The molecule has 0 aromatic heterocycles. The predicted octanol–water partition coefficient (Wildman–Crippen LogP) is 2.32. The van der Waals surface area contributed by atoms with Crippen LogP contribution in [0.15, 0.2) is 22.7 Å². The predicted molar refractivity (Wildman–Crippen MR) is 65.4 cm³/mol. The van der Waals surface area contributed by atoms with Crippen molar-refractivity contribution in [1.29, 1.82) is 0 Å². The van der Waals surface area contributed by atoms with Crippen molar-refractivity contribution in [3.63, 3.8) is 0 Å². The van der Waals surface area contributed by atoms with Crippen molar-refractivity contribution in [1.82, 2.24) is 4.31 Å². The fraction of sp³-hybridized carbons (Fsp3) is 0.250. The van der Waals surface area contributed by atoms with E-state index in [0.717, 1.165) is 4.31 Å². The minimum atomic E-state index is -3.50. The first kappa shape index (κ1) is 12.8. The molecule has 4 nitrogen and oxygen atoms in total. The second kappa shape index (κ2) is 4.69. The van der Waals surface area contributed by atoms with E-state index in [-0.39, 0.29) is 0 Å². The summed E-state index contributed by atoms with van der Waals surface area (Å²) in [6.45, 7) is 0. The summed E-state index contributed by atoms with van der Waals surface area (Å²) in [5, 5.41) is 0.467. The van der Waals surface area contributed by atoms with Crippen molar-refractivity contribution < 1.29 is 8.42 Å². The summed E-state index contributed by atoms with van der Waals surface area (Å²) in [6.07, 6.45) is 0. The third-order valence-corrected chi connectivity index (χ3v) is 4.01. The van der Waals surface area contributed by atoms with E-state index in [1.165, 1.54) is 20.2 Å². The SMILES string of the molecule is CN(C)S(=O)(=O)Nc1cc(Cl)ccc1Br. The van der Waals surface area contributed by atoms with Crippen LogP contribution in [0.1, 0.15) is 0 Å². The van der Waals surface area contributed by atoms with Gasteiger partial charge in [0.05, 0.1) is 5.69 Å². The monoisotopic (exact) mass is 312 g/mol. The minimum Gasteiger partial charge on any atom is -0.270 e. The van der Waals surface area contributed by atoms with Gasteiger partial charge in [0.2, 0.25) is 0 Å². The zero-order valence-corrected chi connectivity index (χ0v) is 11.3. The van der Waals surface area contributed by atoms with Crippen LogP contribution in [0.5, 0.6) is 0 Å². The molecule has 1 rings (SSSR count). The largest absolute Gasteiger partial charge is 0.301 e. The molecule has 0 radical (unpaired) electrons. The Morgan fingerprint density at radius 2 is 2.00 bits per heavy atom. The summed E-state index contributed by atoms with van der Waals surface area (Å²) in [7, 11) is -0.605. The van der Waals surface area contributed by atoms with Gasteiger partial charge in [0.1, 0.15) is 0 Å². The van der Waals surface area contributed by atoms with E-state index >= 15 is 0 Å². The third kappa shape index (κ3) is 3.34. The Morgan fingerprint density at radius 1 is 1.40 bits per heavy atom. The van der Waals surface area contributed by atoms with Gasteiger partial charge in [-0.15, -0.1) is 0 Å². The molecule has 0 atom stereocenters. The molecule has 0 bridgehead atoms. The lowest BCUT2D eigenvalue weighted by Crippen LogP contribution is -2.29. The van der Waals surface area contributed by atoms with Gasteiger partial charge in [0.25, 0.3) is 0 Å². The molecule has 7 heteroatoms. The van der Waals surface area contributed by atoms with Crippen LogP contribution < -0.4 is 4.72 Å². The molecule has 0 fully saturated rings. The molecule has 15 heavy (non-hydrogen) atoms. The summed E-state index contributed by atoms with van der Waals surface area (Å²) in [5.41, 5.74) is 0.413. The zero-order valence-electron chi connectivity index (χ0n) is 8.16. The highest BCUT2D eigenvalue weighted by molar-refractivity contribution is 9.10. The Morgan fingerprint density at radius 3 is 2.53 bits per heavy atom. The van der Waals surface area contributed by atoms with Crippen LogP contribution in [0.2, 0.25) is 5.02 Å². The van der Waals surface area contributed by atoms with Crippen LogP contribution in [0.25, 0.3) is 0 Å². The summed E-state index contributed by atoms with van der Waals surface area (Å²) < 4.78 is 27.1. The molecule has 0 saturated carbocycles. The van der Waals surface area contributed by atoms with E-state index < -0.39 is 10.2 Å². The van der Waals surface area contributed by atoms with Crippen LogP contribution in [0.3, 0.4) is 0 Å². The summed E-state index contributed by atoms with van der Waals surface area (Å²) in [6, 6.07) is 4.88. The Balaban J connectivity index is 3.05. The number of rotatable bonds is 3. The fourth-order valence-electron chi connectivity index (χ4n) is 0.806. The van der Waals surface area contributed by atoms with Gasteiger partial charge in [-0.05, 0) is 34.1 Å². The van der Waals surface area contributed by atoms with E-state index in [0.29, 0.717) is 15.2 Å². The Labute approximate surface area is 103 Å². The Kier molecular flexibility index (Phi) is 3.99. The molecular weight excluding hydrogens is 304 g/mol. The normalized spacial score (nSPS) is 11.8. The minimum absolute atomic E-state index is 0.413. The van der Waals surface area contributed by atoms with E-state index in [2.05, 4.69) is 20.7 Å². The first-order valence-electron chi connectivity index (χ1n) is 3.98. The van der Waals surface area contributed by atoms with Crippen LogP contribution in [0.4, 0.5) is 5.69 Å². The van der Waals surface area contributed by atoms with Gasteiger partial charge in [-0.1, -0.05) is 11.6 Å². The van der Waals surface area contributed by atoms with Crippen LogP contribution in [0, 0.1) is 0 Å². The number of nitrogens with zero attached hydrogens (tertiary/aromatic N) is 1. The van der Waals surface area contributed by atoms with Crippen molar-refractivity contribution in [2.24, 2.45) is 0 Å². The van der Waals surface area contributed by atoms with Crippen molar-refractivity contribution in [3.8, 4) is 0 Å². The van der Waals surface area contributed by atoms with Gasteiger partial charge in [0, 0.05) is 23.6 Å². The average molecular weight is 314 g/mol. The van der Waals surface area contributed by atoms with Crippen molar-refractivity contribution >= 4 is 43.4 Å². The molecule has 1 N–H and O–H groups in total. The summed E-state index contributed by atoms with van der Waals surface area (Å²) >= 11 is 8.98. The molecule has 0 unspecified atom stereocenters. The van der Waals surface area contributed by atoms with Gasteiger partial charge in [0.15, 0.2) is 0 Å².